The molecule has 0 aliphatic carbocycles. The zero-order valence-corrected chi connectivity index (χ0v) is 11.7. The number of nitriles is 1. The summed E-state index contributed by atoms with van der Waals surface area (Å²) >= 11 is 0. The normalized spacial score (nSPS) is 12.9. The first kappa shape index (κ1) is 13.7. The molecule has 0 radical (unpaired) electrons. The van der Waals surface area contributed by atoms with Crippen LogP contribution in [0.1, 0.15) is 18.0 Å². The van der Waals surface area contributed by atoms with Crippen molar-refractivity contribution in [3.8, 4) is 11.8 Å². The van der Waals surface area contributed by atoms with Gasteiger partial charge >= 0.3 is 0 Å². The third-order valence-corrected chi connectivity index (χ3v) is 4.75. The monoisotopic (exact) mass is 251 g/mol. The molecule has 1 atom stereocenters. The van der Waals surface area contributed by atoms with E-state index in [1.807, 2.05) is 6.92 Å². The molecule has 0 aliphatic rings. The number of benzene rings is 1. The number of nitrogens with zero attached hydrogens (tertiary/aromatic N) is 1. The molecule has 0 spiro atoms. The number of rotatable bonds is 4. The topological polar surface area (TPSA) is 33.0 Å². The fourth-order valence-corrected chi connectivity index (χ4v) is 3.31. The number of ether oxygens (including phenoxy) is 1. The summed E-state index contributed by atoms with van der Waals surface area (Å²) in [4.78, 5) is 0. The second kappa shape index (κ2) is 5.33. The van der Waals surface area contributed by atoms with Gasteiger partial charge in [0.1, 0.15) is 11.6 Å². The van der Waals surface area contributed by atoms with Gasteiger partial charge in [-0.05, 0) is 25.1 Å². The maximum absolute atomic E-state index is 13.3. The molecule has 0 aromatic heterocycles. The highest BCUT2D eigenvalue weighted by atomic mass is 28.3. The van der Waals surface area contributed by atoms with Crippen LogP contribution in [0.4, 0.5) is 4.39 Å². The highest BCUT2D eigenvalue weighted by molar-refractivity contribution is 6.78. The fourth-order valence-electron chi connectivity index (χ4n) is 1.76. The van der Waals surface area contributed by atoms with Gasteiger partial charge in [0.05, 0.1) is 26.3 Å². The lowest BCUT2D eigenvalue weighted by molar-refractivity contribution is 0.336. The Morgan fingerprint density at radius 2 is 2.06 bits per heavy atom. The maximum Gasteiger partial charge on any atom is 0.123 e. The molecule has 2 nitrogen and oxygen atoms in total. The molecule has 92 valence electrons. The second-order valence-electron chi connectivity index (χ2n) is 5.04. The van der Waals surface area contributed by atoms with Crippen molar-refractivity contribution in [1.29, 1.82) is 5.26 Å². The van der Waals surface area contributed by atoms with Crippen LogP contribution < -0.4 is 4.74 Å². The molecule has 4 heteroatoms. The standard InChI is InChI=1S/C13H18FNOSi/c1-5-16-12-7-6-10(14)8-11(12)13(9-15)17(2,3)4/h6-8,13H,5H2,1-4H3. The van der Waals surface area contributed by atoms with Crippen molar-refractivity contribution in [2.75, 3.05) is 6.61 Å². The van der Waals surface area contributed by atoms with Crippen LogP contribution in [0.5, 0.6) is 5.75 Å². The van der Waals surface area contributed by atoms with E-state index in [1.165, 1.54) is 12.1 Å². The molecular formula is C13H18FNOSi. The molecule has 0 N–H and O–H groups in total. The predicted molar refractivity (Wildman–Crippen MR) is 69.3 cm³/mol. The second-order valence-corrected chi connectivity index (χ2v) is 10.4. The average Bonchev–Trinajstić information content (AvgIpc) is 2.21. The molecular weight excluding hydrogens is 233 g/mol. The lowest BCUT2D eigenvalue weighted by Gasteiger charge is -2.24. The van der Waals surface area contributed by atoms with Crippen LogP contribution in [0.2, 0.25) is 19.6 Å². The van der Waals surface area contributed by atoms with Crippen molar-refractivity contribution in [2.45, 2.75) is 32.1 Å². The molecule has 1 rings (SSSR count). The first-order valence-electron chi connectivity index (χ1n) is 5.72. The highest BCUT2D eigenvalue weighted by Crippen LogP contribution is 2.33. The van der Waals surface area contributed by atoms with Crippen LogP contribution in [0.15, 0.2) is 18.2 Å². The molecule has 1 aromatic rings. The van der Waals surface area contributed by atoms with E-state index in [2.05, 4.69) is 25.7 Å². The first-order valence-corrected chi connectivity index (χ1v) is 9.29. The van der Waals surface area contributed by atoms with Crippen molar-refractivity contribution < 1.29 is 9.13 Å². The lowest BCUT2D eigenvalue weighted by Crippen LogP contribution is -2.30. The Balaban J connectivity index is 3.27. The van der Waals surface area contributed by atoms with Gasteiger partial charge in [0.2, 0.25) is 0 Å². The minimum absolute atomic E-state index is 0.250. The molecule has 0 saturated heterocycles. The van der Waals surface area contributed by atoms with E-state index in [0.717, 1.165) is 0 Å². The van der Waals surface area contributed by atoms with Gasteiger partial charge in [-0.15, -0.1) is 0 Å². The van der Waals surface area contributed by atoms with Crippen LogP contribution in [-0.2, 0) is 0 Å². The SMILES string of the molecule is CCOc1ccc(F)cc1C(C#N)[Si](C)(C)C. The zero-order chi connectivity index (χ0) is 13.1. The minimum Gasteiger partial charge on any atom is -0.494 e. The summed E-state index contributed by atoms with van der Waals surface area (Å²) in [5, 5.41) is 9.31. The van der Waals surface area contributed by atoms with Crippen LogP contribution in [0.25, 0.3) is 0 Å². The van der Waals surface area contributed by atoms with Crippen molar-refractivity contribution in [2.24, 2.45) is 0 Å². The van der Waals surface area contributed by atoms with E-state index in [0.29, 0.717) is 17.9 Å². The predicted octanol–water partition coefficient (Wildman–Crippen LogP) is 3.71. The number of hydrogen-bond donors (Lipinski definition) is 0. The van der Waals surface area contributed by atoms with E-state index in [-0.39, 0.29) is 11.4 Å². The third kappa shape index (κ3) is 3.30. The van der Waals surface area contributed by atoms with Crippen molar-refractivity contribution >= 4 is 8.07 Å². The molecule has 0 heterocycles. The van der Waals surface area contributed by atoms with E-state index in [1.54, 1.807) is 6.07 Å². The summed E-state index contributed by atoms with van der Waals surface area (Å²) in [5.74, 6) is 0.310. The van der Waals surface area contributed by atoms with Gasteiger partial charge in [-0.1, -0.05) is 19.6 Å². The quantitative estimate of drug-likeness (QED) is 0.764. The molecule has 0 amide bonds. The average molecular weight is 251 g/mol. The van der Waals surface area contributed by atoms with E-state index in [9.17, 15) is 9.65 Å². The molecule has 0 saturated carbocycles. The summed E-state index contributed by atoms with van der Waals surface area (Å²) in [6, 6.07) is 6.71. The van der Waals surface area contributed by atoms with Gasteiger partial charge in [-0.25, -0.2) is 4.39 Å². The van der Waals surface area contributed by atoms with Crippen molar-refractivity contribution in [3.63, 3.8) is 0 Å². The summed E-state index contributed by atoms with van der Waals surface area (Å²) in [7, 11) is -1.72. The van der Waals surface area contributed by atoms with Crippen LogP contribution in [0, 0.1) is 17.1 Å². The van der Waals surface area contributed by atoms with Crippen LogP contribution >= 0.6 is 0 Å². The first-order chi connectivity index (χ1) is 7.90. The Morgan fingerprint density at radius 3 is 2.53 bits per heavy atom. The fraction of sp³-hybridized carbons (Fsp3) is 0.462. The van der Waals surface area contributed by atoms with E-state index < -0.39 is 8.07 Å². The summed E-state index contributed by atoms with van der Waals surface area (Å²) < 4.78 is 18.8. The van der Waals surface area contributed by atoms with Crippen LogP contribution in [0.3, 0.4) is 0 Å². The molecule has 0 fully saturated rings. The van der Waals surface area contributed by atoms with Crippen LogP contribution in [-0.4, -0.2) is 14.7 Å². The van der Waals surface area contributed by atoms with Gasteiger partial charge in [0.15, 0.2) is 0 Å². The molecule has 1 unspecified atom stereocenters. The Bertz CT molecular complexity index is 434. The maximum atomic E-state index is 13.3. The Morgan fingerprint density at radius 1 is 1.41 bits per heavy atom. The molecule has 0 bridgehead atoms. The van der Waals surface area contributed by atoms with Gasteiger partial charge in [-0.3, -0.25) is 0 Å². The summed E-state index contributed by atoms with van der Waals surface area (Å²) in [6.45, 7) is 8.69. The largest absolute Gasteiger partial charge is 0.494 e. The smallest absolute Gasteiger partial charge is 0.123 e. The van der Waals surface area contributed by atoms with Gasteiger partial charge in [0, 0.05) is 5.56 Å². The lowest BCUT2D eigenvalue weighted by atomic mass is 10.1. The summed E-state index contributed by atoms with van der Waals surface area (Å²) in [5.41, 5.74) is 0.438. The Hall–Kier alpha value is -1.34. The molecule has 1 aromatic carbocycles. The van der Waals surface area contributed by atoms with Crippen molar-refractivity contribution in [1.82, 2.24) is 0 Å². The van der Waals surface area contributed by atoms with Gasteiger partial charge in [0.25, 0.3) is 0 Å². The highest BCUT2D eigenvalue weighted by Gasteiger charge is 2.30. The molecule has 17 heavy (non-hydrogen) atoms. The Labute approximate surface area is 103 Å². The van der Waals surface area contributed by atoms with Gasteiger partial charge < -0.3 is 4.74 Å². The zero-order valence-electron chi connectivity index (χ0n) is 10.7. The number of halogens is 1. The third-order valence-electron chi connectivity index (χ3n) is 2.58. The molecule has 0 aliphatic heterocycles. The van der Waals surface area contributed by atoms with Crippen molar-refractivity contribution in [3.05, 3.63) is 29.6 Å². The van der Waals surface area contributed by atoms with E-state index in [4.69, 9.17) is 4.74 Å². The Kier molecular flexibility index (Phi) is 4.30. The minimum atomic E-state index is -1.72. The van der Waals surface area contributed by atoms with Gasteiger partial charge in [-0.2, -0.15) is 5.26 Å². The number of hydrogen-bond acceptors (Lipinski definition) is 2. The summed E-state index contributed by atoms with van der Waals surface area (Å²) in [6.07, 6.45) is 0. The van der Waals surface area contributed by atoms with E-state index >= 15 is 0 Å².